The molecule has 0 saturated heterocycles. The molecule has 0 radical (unpaired) electrons. The number of nitrogen functional groups attached to an aromatic ring is 1. The molecule has 2 aromatic carbocycles. The number of hydrogen-bond donors (Lipinski definition) is 1. The van der Waals surface area contributed by atoms with Crippen molar-refractivity contribution in [1.82, 2.24) is 14.5 Å². The van der Waals surface area contributed by atoms with Crippen LogP contribution in [0.3, 0.4) is 0 Å². The van der Waals surface area contributed by atoms with E-state index in [0.717, 1.165) is 22.3 Å². The predicted molar refractivity (Wildman–Crippen MR) is 116 cm³/mol. The van der Waals surface area contributed by atoms with Crippen molar-refractivity contribution in [2.45, 2.75) is 13.1 Å². The molecule has 2 N–H and O–H groups in total. The van der Waals surface area contributed by atoms with Gasteiger partial charge in [0.05, 0.1) is 12.1 Å². The molecule has 1 aliphatic rings. The molecule has 156 valence electrons. The number of ether oxygens (including phenoxy) is 1. The van der Waals surface area contributed by atoms with Crippen molar-refractivity contribution < 1.29 is 13.9 Å². The van der Waals surface area contributed by atoms with Crippen molar-refractivity contribution in [2.75, 3.05) is 23.8 Å². The number of benzene rings is 2. The highest BCUT2D eigenvalue weighted by Gasteiger charge is 2.28. The first-order valence-electron chi connectivity index (χ1n) is 9.93. The summed E-state index contributed by atoms with van der Waals surface area (Å²) in [4.78, 5) is 22.7. The van der Waals surface area contributed by atoms with Crippen molar-refractivity contribution >= 4 is 28.3 Å². The number of hydrogen-bond acceptors (Lipinski definition) is 5. The minimum absolute atomic E-state index is 0.0974. The van der Waals surface area contributed by atoms with E-state index in [1.165, 1.54) is 13.3 Å². The van der Waals surface area contributed by atoms with Crippen LogP contribution in [0.2, 0.25) is 0 Å². The summed E-state index contributed by atoms with van der Waals surface area (Å²) in [6.07, 6.45) is 2.24. The molecule has 1 amide bonds. The van der Waals surface area contributed by atoms with E-state index in [-0.39, 0.29) is 23.2 Å². The Hall–Kier alpha value is -3.94. The van der Waals surface area contributed by atoms with Gasteiger partial charge < -0.3 is 19.9 Å². The molecule has 0 bridgehead atoms. The number of carbonyl (C=O) groups excluding carboxylic acids is 1. The number of nitrogens with zero attached hydrogens (tertiary/aromatic N) is 4. The summed E-state index contributed by atoms with van der Waals surface area (Å²) in [5.41, 5.74) is 9.40. The number of aromatic nitrogens is 3. The van der Waals surface area contributed by atoms with Crippen LogP contribution in [-0.4, -0.2) is 33.6 Å². The number of nitrogens with two attached hydrogens (primary N) is 1. The van der Waals surface area contributed by atoms with Crippen LogP contribution in [0, 0.1) is 0 Å². The van der Waals surface area contributed by atoms with Gasteiger partial charge >= 0.3 is 0 Å². The average Bonchev–Trinajstić information content (AvgIpc) is 3.11. The Morgan fingerprint density at radius 2 is 1.87 bits per heavy atom. The SMILES string of the molecule is CC(F)c1ccc(-n2ccc3cc(N4CCOc5ncnc(N)c5C4=O)ccc32)cc1. The highest BCUT2D eigenvalue weighted by Crippen LogP contribution is 2.30. The highest BCUT2D eigenvalue weighted by molar-refractivity contribution is 6.11. The van der Waals surface area contributed by atoms with Gasteiger partial charge in [-0.25, -0.2) is 14.4 Å². The van der Waals surface area contributed by atoms with Crippen molar-refractivity contribution in [3.63, 3.8) is 0 Å². The zero-order chi connectivity index (χ0) is 21.5. The van der Waals surface area contributed by atoms with E-state index in [1.807, 2.05) is 47.2 Å². The summed E-state index contributed by atoms with van der Waals surface area (Å²) < 4.78 is 21.1. The smallest absolute Gasteiger partial charge is 0.267 e. The maximum atomic E-state index is 13.5. The number of fused-ring (bicyclic) bond motifs is 2. The van der Waals surface area contributed by atoms with Gasteiger partial charge in [-0.3, -0.25) is 4.79 Å². The fraction of sp³-hybridized carbons (Fsp3) is 0.174. The first kappa shape index (κ1) is 19.0. The minimum Gasteiger partial charge on any atom is -0.475 e. The highest BCUT2D eigenvalue weighted by atomic mass is 19.1. The molecular weight excluding hydrogens is 397 g/mol. The van der Waals surface area contributed by atoms with Crippen LogP contribution in [0.1, 0.15) is 29.0 Å². The number of anilines is 2. The molecule has 0 fully saturated rings. The largest absolute Gasteiger partial charge is 0.475 e. The number of rotatable bonds is 3. The molecule has 1 atom stereocenters. The fourth-order valence-corrected chi connectivity index (χ4v) is 3.83. The number of carbonyl (C=O) groups is 1. The van der Waals surface area contributed by atoms with Crippen LogP contribution in [0.5, 0.6) is 5.88 Å². The van der Waals surface area contributed by atoms with E-state index in [9.17, 15) is 9.18 Å². The second-order valence-electron chi connectivity index (χ2n) is 7.38. The molecule has 4 aromatic rings. The predicted octanol–water partition coefficient (Wildman–Crippen LogP) is 4.07. The monoisotopic (exact) mass is 417 g/mol. The average molecular weight is 417 g/mol. The van der Waals surface area contributed by atoms with Crippen LogP contribution < -0.4 is 15.4 Å². The third-order valence-corrected chi connectivity index (χ3v) is 5.47. The number of amides is 1. The van der Waals surface area contributed by atoms with Gasteiger partial charge in [0.1, 0.15) is 30.5 Å². The standard InChI is InChI=1S/C23H20FN5O2/c1-14(24)15-2-4-17(5-3-15)28-9-8-16-12-18(6-7-19(16)28)29-10-11-31-22-20(23(29)30)21(25)26-13-27-22/h2-9,12-14H,10-11H2,1H3,(H2,25,26,27). The quantitative estimate of drug-likeness (QED) is 0.543. The summed E-state index contributed by atoms with van der Waals surface area (Å²) in [6, 6.07) is 15.2. The lowest BCUT2D eigenvalue weighted by atomic mass is 10.1. The molecule has 2 aromatic heterocycles. The van der Waals surface area contributed by atoms with Crippen molar-refractivity contribution in [2.24, 2.45) is 0 Å². The molecule has 1 aliphatic heterocycles. The van der Waals surface area contributed by atoms with Gasteiger partial charge in [-0.15, -0.1) is 0 Å². The Balaban J connectivity index is 1.51. The van der Waals surface area contributed by atoms with E-state index < -0.39 is 6.17 Å². The summed E-state index contributed by atoms with van der Waals surface area (Å²) >= 11 is 0. The van der Waals surface area contributed by atoms with Gasteiger partial charge in [-0.05, 0) is 48.9 Å². The van der Waals surface area contributed by atoms with Crippen LogP contribution in [0.15, 0.2) is 61.1 Å². The molecule has 7 nitrogen and oxygen atoms in total. The Morgan fingerprint density at radius 1 is 1.10 bits per heavy atom. The van der Waals surface area contributed by atoms with Crippen LogP contribution in [0.25, 0.3) is 16.6 Å². The van der Waals surface area contributed by atoms with E-state index >= 15 is 0 Å². The maximum absolute atomic E-state index is 13.5. The summed E-state index contributed by atoms with van der Waals surface area (Å²) in [7, 11) is 0. The van der Waals surface area contributed by atoms with Crippen LogP contribution >= 0.6 is 0 Å². The number of alkyl halides is 1. The summed E-state index contributed by atoms with van der Waals surface area (Å²) in [5, 5.41) is 0.968. The molecule has 0 spiro atoms. The molecule has 0 aliphatic carbocycles. The Labute approximate surface area is 177 Å². The van der Waals surface area contributed by atoms with E-state index in [1.54, 1.807) is 17.0 Å². The zero-order valence-electron chi connectivity index (χ0n) is 16.8. The lowest BCUT2D eigenvalue weighted by Gasteiger charge is -2.20. The normalized spacial score (nSPS) is 14.8. The van der Waals surface area contributed by atoms with Gasteiger partial charge in [-0.1, -0.05) is 12.1 Å². The maximum Gasteiger partial charge on any atom is 0.267 e. The molecule has 5 rings (SSSR count). The van der Waals surface area contributed by atoms with Crippen LogP contribution in [-0.2, 0) is 0 Å². The van der Waals surface area contributed by atoms with E-state index in [2.05, 4.69) is 9.97 Å². The Kier molecular flexibility index (Phi) is 4.54. The van der Waals surface area contributed by atoms with Crippen molar-refractivity contribution in [3.8, 4) is 11.6 Å². The minimum atomic E-state index is -1.00. The second kappa shape index (κ2) is 7.39. The van der Waals surface area contributed by atoms with Gasteiger partial charge in [-0.2, -0.15) is 0 Å². The van der Waals surface area contributed by atoms with Crippen molar-refractivity contribution in [3.05, 3.63) is 72.2 Å². The molecule has 31 heavy (non-hydrogen) atoms. The van der Waals surface area contributed by atoms with Gasteiger partial charge in [0.15, 0.2) is 0 Å². The molecule has 3 heterocycles. The van der Waals surface area contributed by atoms with E-state index in [4.69, 9.17) is 10.5 Å². The topological polar surface area (TPSA) is 86.3 Å². The molecule has 1 unspecified atom stereocenters. The molecular formula is C23H20FN5O2. The summed E-state index contributed by atoms with van der Waals surface area (Å²) in [5.74, 6) is 0.0127. The Bertz CT molecular complexity index is 1280. The zero-order valence-corrected chi connectivity index (χ0v) is 16.8. The first-order valence-corrected chi connectivity index (χ1v) is 9.93. The van der Waals surface area contributed by atoms with E-state index in [0.29, 0.717) is 18.7 Å². The fourth-order valence-electron chi connectivity index (χ4n) is 3.83. The van der Waals surface area contributed by atoms with Gasteiger partial charge in [0.2, 0.25) is 5.88 Å². The molecule has 0 saturated carbocycles. The van der Waals surface area contributed by atoms with Crippen molar-refractivity contribution in [1.29, 1.82) is 0 Å². The summed E-state index contributed by atoms with van der Waals surface area (Å²) in [6.45, 7) is 2.19. The third-order valence-electron chi connectivity index (χ3n) is 5.47. The first-order chi connectivity index (χ1) is 15.0. The third kappa shape index (κ3) is 3.26. The lowest BCUT2D eigenvalue weighted by molar-refractivity contribution is 0.0990. The van der Waals surface area contributed by atoms with Crippen LogP contribution in [0.4, 0.5) is 15.9 Å². The Morgan fingerprint density at radius 3 is 2.65 bits per heavy atom. The van der Waals surface area contributed by atoms with Gasteiger partial charge in [0, 0.05) is 23.0 Å². The second-order valence-corrected chi connectivity index (χ2v) is 7.38. The van der Waals surface area contributed by atoms with Gasteiger partial charge in [0.25, 0.3) is 5.91 Å². The number of halogens is 1. The lowest BCUT2D eigenvalue weighted by Crippen LogP contribution is -2.32. The molecule has 8 heteroatoms.